The standard InChI is InChI=1S/C10H13N3O2/c1-6(14)10-12-8-3-5-15-4-2-7(8)9(11)13-10/h2-5H2,1H3,(H2,11,12,13). The molecule has 2 N–H and O–H groups in total. The number of anilines is 1. The summed E-state index contributed by atoms with van der Waals surface area (Å²) in [6.45, 7) is 2.70. The first-order valence-corrected chi connectivity index (χ1v) is 4.92. The zero-order valence-electron chi connectivity index (χ0n) is 8.62. The third kappa shape index (κ3) is 1.97. The van der Waals surface area contributed by atoms with Crippen LogP contribution in [0.5, 0.6) is 0 Å². The van der Waals surface area contributed by atoms with Crippen LogP contribution in [0.25, 0.3) is 0 Å². The highest BCUT2D eigenvalue weighted by atomic mass is 16.5. The summed E-state index contributed by atoms with van der Waals surface area (Å²) in [6.07, 6.45) is 1.42. The molecule has 0 aliphatic carbocycles. The molecule has 0 spiro atoms. The number of carbonyl (C=O) groups excluding carboxylic acids is 1. The lowest BCUT2D eigenvalue weighted by Gasteiger charge is -2.07. The van der Waals surface area contributed by atoms with E-state index in [2.05, 4.69) is 9.97 Å². The molecule has 5 heteroatoms. The molecular formula is C10H13N3O2. The van der Waals surface area contributed by atoms with E-state index in [1.165, 1.54) is 6.92 Å². The summed E-state index contributed by atoms with van der Waals surface area (Å²) in [5.41, 5.74) is 7.57. The molecule has 1 aromatic heterocycles. The van der Waals surface area contributed by atoms with Gasteiger partial charge in [0.25, 0.3) is 0 Å². The van der Waals surface area contributed by atoms with Gasteiger partial charge in [-0.25, -0.2) is 9.97 Å². The van der Waals surface area contributed by atoms with Crippen LogP contribution in [0.2, 0.25) is 0 Å². The number of carbonyl (C=O) groups is 1. The predicted octanol–water partition coefficient (Wildman–Crippen LogP) is 0.377. The number of aromatic nitrogens is 2. The highest BCUT2D eigenvalue weighted by Crippen LogP contribution is 2.18. The summed E-state index contributed by atoms with van der Waals surface area (Å²) in [4.78, 5) is 19.4. The number of hydrogen-bond acceptors (Lipinski definition) is 5. The molecule has 15 heavy (non-hydrogen) atoms. The predicted molar refractivity (Wildman–Crippen MR) is 54.7 cm³/mol. The fraction of sp³-hybridized carbons (Fsp3) is 0.500. The fourth-order valence-corrected chi connectivity index (χ4v) is 1.63. The number of hydrogen-bond donors (Lipinski definition) is 1. The van der Waals surface area contributed by atoms with Crippen molar-refractivity contribution in [1.29, 1.82) is 0 Å². The topological polar surface area (TPSA) is 78.1 Å². The van der Waals surface area contributed by atoms with Gasteiger partial charge in [0.15, 0.2) is 11.6 Å². The Morgan fingerprint density at radius 1 is 1.33 bits per heavy atom. The van der Waals surface area contributed by atoms with Crippen molar-refractivity contribution in [3.63, 3.8) is 0 Å². The number of nitrogens with zero attached hydrogens (tertiary/aromatic N) is 2. The largest absolute Gasteiger partial charge is 0.383 e. The summed E-state index contributed by atoms with van der Waals surface area (Å²) in [6, 6.07) is 0. The Morgan fingerprint density at radius 3 is 2.80 bits per heavy atom. The molecule has 1 aliphatic rings. The number of ether oxygens (including phenoxy) is 1. The minimum atomic E-state index is -0.158. The van der Waals surface area contributed by atoms with E-state index in [1.807, 2.05) is 0 Å². The quantitative estimate of drug-likeness (QED) is 0.673. The van der Waals surface area contributed by atoms with Gasteiger partial charge in [-0.3, -0.25) is 4.79 Å². The molecular weight excluding hydrogens is 194 g/mol. The Labute approximate surface area is 87.7 Å². The van der Waals surface area contributed by atoms with Gasteiger partial charge in [0.1, 0.15) is 5.82 Å². The molecule has 0 radical (unpaired) electrons. The van der Waals surface area contributed by atoms with Crippen LogP contribution in [0.1, 0.15) is 28.8 Å². The molecule has 0 bridgehead atoms. The number of ketones is 1. The maximum absolute atomic E-state index is 11.2. The van der Waals surface area contributed by atoms with Crippen molar-refractivity contribution < 1.29 is 9.53 Å². The van der Waals surface area contributed by atoms with Gasteiger partial charge in [-0.05, 0) is 0 Å². The minimum Gasteiger partial charge on any atom is -0.383 e. The number of rotatable bonds is 1. The molecule has 0 unspecified atom stereocenters. The van der Waals surface area contributed by atoms with Gasteiger partial charge in [0, 0.05) is 25.3 Å². The lowest BCUT2D eigenvalue weighted by atomic mass is 10.1. The van der Waals surface area contributed by atoms with Crippen LogP contribution in [-0.2, 0) is 17.6 Å². The van der Waals surface area contributed by atoms with Crippen LogP contribution in [0.4, 0.5) is 5.82 Å². The molecule has 80 valence electrons. The van der Waals surface area contributed by atoms with Crippen LogP contribution in [0.15, 0.2) is 0 Å². The van der Waals surface area contributed by atoms with E-state index in [4.69, 9.17) is 10.5 Å². The number of nitrogen functional groups attached to an aromatic ring is 1. The Hall–Kier alpha value is -1.49. The first kappa shape index (κ1) is 10.0. The second kappa shape index (κ2) is 3.94. The number of Topliss-reactive ketones (excluding diaryl/α,β-unsaturated/α-hetero) is 1. The van der Waals surface area contributed by atoms with Gasteiger partial charge >= 0.3 is 0 Å². The molecule has 0 saturated heterocycles. The van der Waals surface area contributed by atoms with E-state index >= 15 is 0 Å². The van der Waals surface area contributed by atoms with Gasteiger partial charge in [-0.2, -0.15) is 0 Å². The second-order valence-electron chi connectivity index (χ2n) is 3.53. The monoisotopic (exact) mass is 207 g/mol. The molecule has 1 aliphatic heterocycles. The molecule has 0 aromatic carbocycles. The lowest BCUT2D eigenvalue weighted by molar-refractivity contribution is 0.100. The molecule has 0 amide bonds. The zero-order chi connectivity index (χ0) is 10.8. The minimum absolute atomic E-state index is 0.158. The van der Waals surface area contributed by atoms with Gasteiger partial charge in [-0.15, -0.1) is 0 Å². The van der Waals surface area contributed by atoms with Crippen LogP contribution < -0.4 is 5.73 Å². The average Bonchev–Trinajstić information content (AvgIpc) is 2.42. The molecule has 1 aromatic rings. The van der Waals surface area contributed by atoms with E-state index < -0.39 is 0 Å². The third-order valence-electron chi connectivity index (χ3n) is 2.42. The van der Waals surface area contributed by atoms with Crippen LogP contribution in [0.3, 0.4) is 0 Å². The van der Waals surface area contributed by atoms with Gasteiger partial charge in [0.05, 0.1) is 18.9 Å². The van der Waals surface area contributed by atoms with Crippen LogP contribution >= 0.6 is 0 Å². The molecule has 0 atom stereocenters. The first-order valence-electron chi connectivity index (χ1n) is 4.92. The van der Waals surface area contributed by atoms with E-state index in [-0.39, 0.29) is 11.6 Å². The highest BCUT2D eigenvalue weighted by Gasteiger charge is 2.16. The first-order chi connectivity index (χ1) is 7.18. The van der Waals surface area contributed by atoms with Crippen molar-refractivity contribution >= 4 is 11.6 Å². The molecule has 2 rings (SSSR count). The Balaban J connectivity index is 2.48. The molecule has 2 heterocycles. The van der Waals surface area contributed by atoms with Crippen molar-refractivity contribution in [2.45, 2.75) is 19.8 Å². The Bertz CT molecular complexity index is 404. The van der Waals surface area contributed by atoms with E-state index in [0.717, 1.165) is 17.7 Å². The van der Waals surface area contributed by atoms with Crippen molar-refractivity contribution in [2.24, 2.45) is 0 Å². The van der Waals surface area contributed by atoms with Crippen LogP contribution in [-0.4, -0.2) is 29.0 Å². The molecule has 5 nitrogen and oxygen atoms in total. The fourth-order valence-electron chi connectivity index (χ4n) is 1.63. The third-order valence-corrected chi connectivity index (χ3v) is 2.42. The smallest absolute Gasteiger partial charge is 0.197 e. The van der Waals surface area contributed by atoms with Gasteiger partial charge < -0.3 is 10.5 Å². The Kier molecular flexibility index (Phi) is 2.64. The summed E-state index contributed by atoms with van der Waals surface area (Å²) >= 11 is 0. The Morgan fingerprint density at radius 2 is 2.07 bits per heavy atom. The van der Waals surface area contributed by atoms with Crippen molar-refractivity contribution in [3.8, 4) is 0 Å². The van der Waals surface area contributed by atoms with Crippen LogP contribution in [0, 0.1) is 0 Å². The van der Waals surface area contributed by atoms with E-state index in [1.54, 1.807) is 0 Å². The summed E-state index contributed by atoms with van der Waals surface area (Å²) in [7, 11) is 0. The normalized spacial score (nSPS) is 15.5. The number of fused-ring (bicyclic) bond motifs is 1. The molecule has 0 fully saturated rings. The van der Waals surface area contributed by atoms with Crippen molar-refractivity contribution in [2.75, 3.05) is 18.9 Å². The maximum Gasteiger partial charge on any atom is 0.197 e. The van der Waals surface area contributed by atoms with E-state index in [0.29, 0.717) is 25.5 Å². The summed E-state index contributed by atoms with van der Waals surface area (Å²) in [5, 5.41) is 0. The average molecular weight is 207 g/mol. The molecule has 0 saturated carbocycles. The van der Waals surface area contributed by atoms with Gasteiger partial charge in [0.2, 0.25) is 0 Å². The zero-order valence-corrected chi connectivity index (χ0v) is 8.62. The maximum atomic E-state index is 11.2. The van der Waals surface area contributed by atoms with Crippen molar-refractivity contribution in [1.82, 2.24) is 9.97 Å². The summed E-state index contributed by atoms with van der Waals surface area (Å²) in [5.74, 6) is 0.457. The second-order valence-corrected chi connectivity index (χ2v) is 3.53. The number of nitrogens with two attached hydrogens (primary N) is 1. The van der Waals surface area contributed by atoms with Gasteiger partial charge in [-0.1, -0.05) is 0 Å². The lowest BCUT2D eigenvalue weighted by Crippen LogP contribution is -2.11. The summed E-state index contributed by atoms with van der Waals surface area (Å²) < 4.78 is 5.32. The highest BCUT2D eigenvalue weighted by molar-refractivity contribution is 5.90. The van der Waals surface area contributed by atoms with Crippen molar-refractivity contribution in [3.05, 3.63) is 17.1 Å². The van der Waals surface area contributed by atoms with E-state index in [9.17, 15) is 4.79 Å². The SMILES string of the molecule is CC(=O)c1nc(N)c2c(n1)CCOCC2.